The molecule has 0 saturated heterocycles. The van der Waals surface area contributed by atoms with E-state index in [1.54, 1.807) is 12.1 Å². The number of hydrogen-bond acceptors (Lipinski definition) is 4. The minimum atomic E-state index is -6.51. The third kappa shape index (κ3) is 7.23. The highest BCUT2D eigenvalue weighted by atomic mass is 19.4. The van der Waals surface area contributed by atoms with Crippen molar-refractivity contribution in [2.75, 3.05) is 6.61 Å². The third-order valence-electron chi connectivity index (χ3n) is 5.15. The first-order valence-corrected chi connectivity index (χ1v) is 10.5. The standard InChI is InChI=1S/C23H31F7O4/c1-19(2,3)15-9-13(10-16(18(15)33)20(4,5)6)7-8-17(32)34-12-14(31)11-21(24,25)22(26,27)23(28,29)30/h9-10,14,31,33H,7-8,11-12H2,1-6H3. The highest BCUT2D eigenvalue weighted by Crippen LogP contribution is 2.48. The predicted octanol–water partition coefficient (Wildman–Crippen LogP) is 6.05. The van der Waals surface area contributed by atoms with Gasteiger partial charge in [0, 0.05) is 12.8 Å². The molecule has 0 amide bonds. The zero-order valence-electron chi connectivity index (χ0n) is 19.9. The molecule has 1 rings (SSSR count). The van der Waals surface area contributed by atoms with Crippen LogP contribution in [0.5, 0.6) is 5.75 Å². The molecule has 0 bridgehead atoms. The number of phenolic OH excluding ortho intramolecular Hbond substituents is 1. The van der Waals surface area contributed by atoms with Crippen LogP contribution in [0.3, 0.4) is 0 Å². The van der Waals surface area contributed by atoms with Gasteiger partial charge in [0.1, 0.15) is 12.4 Å². The summed E-state index contributed by atoms with van der Waals surface area (Å²) in [4.78, 5) is 12.0. The first-order chi connectivity index (χ1) is 15.0. The van der Waals surface area contributed by atoms with Gasteiger partial charge in [0.2, 0.25) is 0 Å². The van der Waals surface area contributed by atoms with E-state index in [4.69, 9.17) is 0 Å². The fourth-order valence-electron chi connectivity index (χ4n) is 3.18. The summed E-state index contributed by atoms with van der Waals surface area (Å²) >= 11 is 0. The number of phenols is 1. The van der Waals surface area contributed by atoms with Crippen molar-refractivity contribution in [2.24, 2.45) is 0 Å². The number of aryl methyl sites for hydroxylation is 1. The van der Waals surface area contributed by atoms with Crippen molar-refractivity contribution in [1.82, 2.24) is 0 Å². The van der Waals surface area contributed by atoms with Gasteiger partial charge >= 0.3 is 24.0 Å². The number of carbonyl (C=O) groups excluding carboxylic acids is 1. The van der Waals surface area contributed by atoms with E-state index in [0.29, 0.717) is 16.7 Å². The lowest BCUT2D eigenvalue weighted by atomic mass is 9.78. The van der Waals surface area contributed by atoms with Crippen LogP contribution in [-0.4, -0.2) is 46.9 Å². The van der Waals surface area contributed by atoms with E-state index < -0.39 is 54.0 Å². The number of hydrogen-bond donors (Lipinski definition) is 2. The summed E-state index contributed by atoms with van der Waals surface area (Å²) in [5.41, 5.74) is 1.11. The van der Waals surface area contributed by atoms with Crippen molar-refractivity contribution in [3.05, 3.63) is 28.8 Å². The molecule has 0 aliphatic carbocycles. The lowest BCUT2D eigenvalue weighted by molar-refractivity contribution is -0.358. The van der Waals surface area contributed by atoms with Gasteiger partial charge in [-0.05, 0) is 33.9 Å². The van der Waals surface area contributed by atoms with Crippen molar-refractivity contribution in [1.29, 1.82) is 0 Å². The molecule has 4 nitrogen and oxygen atoms in total. The molecule has 0 aromatic heterocycles. The van der Waals surface area contributed by atoms with E-state index in [1.165, 1.54) is 0 Å². The molecule has 0 radical (unpaired) electrons. The largest absolute Gasteiger partial charge is 0.507 e. The van der Waals surface area contributed by atoms with Gasteiger partial charge in [0.05, 0.1) is 6.10 Å². The second kappa shape index (κ2) is 9.91. The summed E-state index contributed by atoms with van der Waals surface area (Å²) in [7, 11) is 0. The van der Waals surface area contributed by atoms with Crippen molar-refractivity contribution >= 4 is 5.97 Å². The Bertz CT molecular complexity index is 831. The Labute approximate surface area is 194 Å². The van der Waals surface area contributed by atoms with Crippen molar-refractivity contribution in [2.45, 2.75) is 95.8 Å². The minimum Gasteiger partial charge on any atom is -0.507 e. The van der Waals surface area contributed by atoms with Gasteiger partial charge < -0.3 is 14.9 Å². The maximum absolute atomic E-state index is 13.4. The van der Waals surface area contributed by atoms with Gasteiger partial charge in [-0.1, -0.05) is 53.7 Å². The number of benzene rings is 1. The van der Waals surface area contributed by atoms with Gasteiger partial charge in [-0.2, -0.15) is 30.7 Å². The molecule has 0 aliphatic heterocycles. The summed E-state index contributed by atoms with van der Waals surface area (Å²) in [5.74, 6) is -12.8. The molecule has 1 unspecified atom stereocenters. The Morgan fingerprint density at radius 2 is 1.35 bits per heavy atom. The zero-order chi connectivity index (χ0) is 26.9. The highest BCUT2D eigenvalue weighted by Gasteiger charge is 2.72. The Morgan fingerprint density at radius 3 is 1.74 bits per heavy atom. The fourth-order valence-corrected chi connectivity index (χ4v) is 3.18. The molecule has 11 heteroatoms. The number of aliphatic hydroxyl groups is 1. The molecule has 0 aliphatic rings. The highest BCUT2D eigenvalue weighted by molar-refractivity contribution is 5.69. The van der Waals surface area contributed by atoms with E-state index in [0.717, 1.165) is 0 Å². The number of aliphatic hydroxyl groups excluding tert-OH is 1. The van der Waals surface area contributed by atoms with Crippen LogP contribution in [0.2, 0.25) is 0 Å². The molecule has 34 heavy (non-hydrogen) atoms. The number of ether oxygens (including phenoxy) is 1. The molecular weight excluding hydrogens is 473 g/mol. The second-order valence-electron chi connectivity index (χ2n) is 10.4. The molecular formula is C23H31F7O4. The molecule has 196 valence electrons. The SMILES string of the molecule is CC(C)(C)c1cc(CCC(=O)OCC(O)CC(F)(F)C(F)(F)C(F)(F)F)cc(C(C)(C)C)c1O. The molecule has 0 saturated carbocycles. The Kier molecular flexibility index (Phi) is 8.74. The first kappa shape index (κ1) is 30.0. The van der Waals surface area contributed by atoms with Crippen LogP contribution < -0.4 is 0 Å². The van der Waals surface area contributed by atoms with Crippen LogP contribution in [0.1, 0.15) is 71.1 Å². The Morgan fingerprint density at radius 1 is 0.912 bits per heavy atom. The van der Waals surface area contributed by atoms with Crippen molar-refractivity contribution in [3.63, 3.8) is 0 Å². The lowest BCUT2D eigenvalue weighted by Crippen LogP contribution is -2.53. The summed E-state index contributed by atoms with van der Waals surface area (Å²) in [6, 6.07) is 3.43. The van der Waals surface area contributed by atoms with Crippen LogP contribution >= 0.6 is 0 Å². The van der Waals surface area contributed by atoms with Gasteiger partial charge in [-0.3, -0.25) is 4.79 Å². The fraction of sp³-hybridized carbons (Fsp3) is 0.696. The van der Waals surface area contributed by atoms with E-state index >= 15 is 0 Å². The molecule has 1 atom stereocenters. The predicted molar refractivity (Wildman–Crippen MR) is 111 cm³/mol. The van der Waals surface area contributed by atoms with Gasteiger partial charge in [-0.25, -0.2) is 0 Å². The summed E-state index contributed by atoms with van der Waals surface area (Å²) in [6.07, 6.45) is -11.3. The van der Waals surface area contributed by atoms with Gasteiger partial charge in [0.15, 0.2) is 0 Å². The number of aromatic hydroxyl groups is 1. The smallest absolute Gasteiger partial charge is 0.459 e. The second-order valence-corrected chi connectivity index (χ2v) is 10.4. The van der Waals surface area contributed by atoms with Crippen LogP contribution in [-0.2, 0) is 26.8 Å². The van der Waals surface area contributed by atoms with Gasteiger partial charge in [-0.15, -0.1) is 0 Å². The molecule has 0 heterocycles. The van der Waals surface area contributed by atoms with Crippen molar-refractivity contribution < 1.29 is 50.5 Å². The zero-order valence-corrected chi connectivity index (χ0v) is 19.9. The van der Waals surface area contributed by atoms with E-state index in [-0.39, 0.29) is 18.6 Å². The lowest BCUT2D eigenvalue weighted by Gasteiger charge is -2.29. The normalized spacial score (nSPS) is 14.8. The average Bonchev–Trinajstić information content (AvgIpc) is 2.62. The number of alkyl halides is 7. The maximum Gasteiger partial charge on any atom is 0.459 e. The Hall–Kier alpha value is -2.04. The van der Waals surface area contributed by atoms with Gasteiger partial charge in [0.25, 0.3) is 0 Å². The number of rotatable bonds is 8. The van der Waals surface area contributed by atoms with Crippen molar-refractivity contribution in [3.8, 4) is 5.75 Å². The summed E-state index contributed by atoms with van der Waals surface area (Å²) < 4.78 is 93.7. The molecule has 1 aromatic carbocycles. The number of esters is 1. The minimum absolute atomic E-state index is 0.115. The van der Waals surface area contributed by atoms with Crippen LogP contribution in [0, 0.1) is 0 Å². The number of halogens is 7. The summed E-state index contributed by atoms with van der Waals surface area (Å²) in [5, 5.41) is 20.1. The van der Waals surface area contributed by atoms with Crippen LogP contribution in [0.4, 0.5) is 30.7 Å². The van der Waals surface area contributed by atoms with E-state index in [1.807, 2.05) is 41.5 Å². The topological polar surface area (TPSA) is 66.8 Å². The summed E-state index contributed by atoms with van der Waals surface area (Å²) in [6.45, 7) is 10.2. The molecule has 1 aromatic rings. The first-order valence-electron chi connectivity index (χ1n) is 10.5. The maximum atomic E-state index is 13.4. The molecule has 0 spiro atoms. The van der Waals surface area contributed by atoms with E-state index in [2.05, 4.69) is 4.74 Å². The third-order valence-corrected chi connectivity index (χ3v) is 5.15. The number of carbonyl (C=O) groups is 1. The molecule has 2 N–H and O–H groups in total. The Balaban J connectivity index is 2.84. The quantitative estimate of drug-likeness (QED) is 0.334. The van der Waals surface area contributed by atoms with Crippen LogP contribution in [0.25, 0.3) is 0 Å². The molecule has 0 fully saturated rings. The van der Waals surface area contributed by atoms with E-state index in [9.17, 15) is 45.7 Å². The van der Waals surface area contributed by atoms with Crippen LogP contribution in [0.15, 0.2) is 12.1 Å². The monoisotopic (exact) mass is 504 g/mol. The average molecular weight is 504 g/mol.